The second-order valence-corrected chi connectivity index (χ2v) is 8.08. The van der Waals surface area contributed by atoms with Gasteiger partial charge in [0, 0.05) is 35.3 Å². The van der Waals surface area contributed by atoms with Crippen molar-refractivity contribution in [3.63, 3.8) is 0 Å². The summed E-state index contributed by atoms with van der Waals surface area (Å²) in [4.78, 5) is 0. The van der Waals surface area contributed by atoms with Crippen molar-refractivity contribution < 1.29 is 9.50 Å². The van der Waals surface area contributed by atoms with Crippen LogP contribution in [0.5, 0.6) is 5.75 Å². The minimum atomic E-state index is -0.936. The van der Waals surface area contributed by atoms with E-state index in [4.69, 9.17) is 0 Å². The van der Waals surface area contributed by atoms with Gasteiger partial charge < -0.3 is 15.0 Å². The molecule has 0 aliphatic carbocycles. The first-order valence-electron chi connectivity index (χ1n) is 10.1. The molecule has 0 spiro atoms. The fourth-order valence-electron chi connectivity index (χ4n) is 4.82. The first-order chi connectivity index (χ1) is 14.7. The average molecular weight is 405 g/mol. The summed E-state index contributed by atoms with van der Waals surface area (Å²) >= 11 is 0. The Morgan fingerprint density at radius 2 is 2.03 bits per heavy atom. The summed E-state index contributed by atoms with van der Waals surface area (Å²) in [7, 11) is 0. The molecule has 1 aromatic carbocycles. The molecule has 0 saturated carbocycles. The molecule has 2 aliphatic rings. The van der Waals surface area contributed by atoms with Crippen LogP contribution in [0.2, 0.25) is 0 Å². The molecule has 2 aliphatic heterocycles. The van der Waals surface area contributed by atoms with Crippen LogP contribution in [0.25, 0.3) is 28.0 Å². The van der Waals surface area contributed by atoms with Gasteiger partial charge in [-0.25, -0.2) is 9.07 Å². The number of hydrogen-bond donors (Lipinski definition) is 2. The summed E-state index contributed by atoms with van der Waals surface area (Å²) < 4.78 is 18.5. The number of phenolic OH excluding ortho intramolecular Hbond substituents is 1. The third-order valence-electron chi connectivity index (χ3n) is 6.32. The van der Waals surface area contributed by atoms with Crippen molar-refractivity contribution in [2.45, 2.75) is 43.6 Å². The average Bonchev–Trinajstić information content (AvgIpc) is 3.50. The molecular weight excluding hydrogens is 385 g/mol. The lowest BCUT2D eigenvalue weighted by Crippen LogP contribution is -2.47. The number of halogens is 1. The highest BCUT2D eigenvalue weighted by Gasteiger charge is 2.43. The molecule has 4 atom stereocenters. The number of rotatable bonds is 3. The van der Waals surface area contributed by atoms with Crippen LogP contribution in [0.1, 0.15) is 25.3 Å². The molecular formula is C21H20FN7O. The van der Waals surface area contributed by atoms with E-state index >= 15 is 4.39 Å². The molecule has 30 heavy (non-hydrogen) atoms. The SMILES string of the molecule is Oc1cc(-n2ccnn2)ccc1-c1cc2ccn([C@@H]3C[C@H]4CC[C@H](N4)[C@@H]3F)c2nn1. The smallest absolute Gasteiger partial charge is 0.162 e. The van der Waals surface area contributed by atoms with E-state index in [0.29, 0.717) is 28.6 Å². The Kier molecular flexibility index (Phi) is 3.85. The number of alkyl halides is 1. The maximum atomic E-state index is 15.0. The van der Waals surface area contributed by atoms with E-state index in [1.807, 2.05) is 29.0 Å². The number of nitrogens with zero attached hydrogens (tertiary/aromatic N) is 6. The Morgan fingerprint density at radius 1 is 1.10 bits per heavy atom. The monoisotopic (exact) mass is 405 g/mol. The van der Waals surface area contributed by atoms with Crippen molar-refractivity contribution in [1.29, 1.82) is 0 Å². The van der Waals surface area contributed by atoms with Crippen molar-refractivity contribution in [1.82, 2.24) is 35.1 Å². The fourth-order valence-corrected chi connectivity index (χ4v) is 4.82. The lowest BCUT2D eigenvalue weighted by molar-refractivity contribution is 0.140. The number of aromatic nitrogens is 6. The Morgan fingerprint density at radius 3 is 2.87 bits per heavy atom. The molecule has 152 valence electrons. The molecule has 2 bridgehead atoms. The highest BCUT2D eigenvalue weighted by Crippen LogP contribution is 2.38. The number of phenols is 1. The number of aromatic hydroxyl groups is 1. The minimum Gasteiger partial charge on any atom is -0.507 e. The normalized spacial score (nSPS) is 25.8. The van der Waals surface area contributed by atoms with Crippen LogP contribution in [-0.4, -0.2) is 53.1 Å². The fraction of sp³-hybridized carbons (Fsp3) is 0.333. The van der Waals surface area contributed by atoms with Gasteiger partial charge in [0.15, 0.2) is 5.65 Å². The summed E-state index contributed by atoms with van der Waals surface area (Å²) in [6.45, 7) is 0. The zero-order valence-electron chi connectivity index (χ0n) is 16.1. The van der Waals surface area contributed by atoms with Crippen LogP contribution in [0.3, 0.4) is 0 Å². The van der Waals surface area contributed by atoms with Gasteiger partial charge in [-0.05, 0) is 43.5 Å². The van der Waals surface area contributed by atoms with Gasteiger partial charge in [0.1, 0.15) is 11.9 Å². The van der Waals surface area contributed by atoms with Gasteiger partial charge in [-0.3, -0.25) is 0 Å². The first-order valence-corrected chi connectivity index (χ1v) is 10.1. The summed E-state index contributed by atoms with van der Waals surface area (Å²) in [5.74, 6) is 0.0786. The van der Waals surface area contributed by atoms with Gasteiger partial charge in [0.05, 0.1) is 29.8 Å². The molecule has 5 heterocycles. The summed E-state index contributed by atoms with van der Waals surface area (Å²) in [5.41, 5.74) is 2.50. The lowest BCUT2D eigenvalue weighted by atomic mass is 9.97. The van der Waals surface area contributed by atoms with E-state index in [1.54, 1.807) is 29.2 Å². The number of nitrogens with one attached hydrogen (secondary N) is 1. The second kappa shape index (κ2) is 6.60. The quantitative estimate of drug-likeness (QED) is 0.544. The number of hydrogen-bond acceptors (Lipinski definition) is 6. The zero-order valence-corrected chi connectivity index (χ0v) is 16.1. The van der Waals surface area contributed by atoms with Crippen molar-refractivity contribution in [3.8, 4) is 22.7 Å². The van der Waals surface area contributed by atoms with E-state index in [0.717, 1.165) is 24.6 Å². The van der Waals surface area contributed by atoms with Crippen LogP contribution in [-0.2, 0) is 0 Å². The highest BCUT2D eigenvalue weighted by molar-refractivity contribution is 5.81. The van der Waals surface area contributed by atoms with Crippen LogP contribution in [0.15, 0.2) is 48.9 Å². The largest absolute Gasteiger partial charge is 0.507 e. The molecule has 6 rings (SSSR count). The van der Waals surface area contributed by atoms with Crippen molar-refractivity contribution in [3.05, 3.63) is 48.9 Å². The molecule has 4 aromatic rings. The van der Waals surface area contributed by atoms with E-state index < -0.39 is 6.17 Å². The van der Waals surface area contributed by atoms with Gasteiger partial charge in [-0.2, -0.15) is 0 Å². The lowest BCUT2D eigenvalue weighted by Gasteiger charge is -2.33. The Bertz CT molecular complexity index is 1220. The zero-order chi connectivity index (χ0) is 20.2. The van der Waals surface area contributed by atoms with Crippen molar-refractivity contribution in [2.75, 3.05) is 0 Å². The Hall–Kier alpha value is -3.33. The van der Waals surface area contributed by atoms with E-state index in [-0.39, 0.29) is 17.8 Å². The maximum absolute atomic E-state index is 15.0. The van der Waals surface area contributed by atoms with Gasteiger partial charge >= 0.3 is 0 Å². The standard InChI is InChI=1S/C21H20FN7O/c22-20-16-4-1-13(24-16)10-18(20)28-7-5-12-9-17(25-26-21(12)28)15-3-2-14(11-19(15)30)29-8-6-23-27-29/h2-3,5-9,11,13,16,18,20,24,30H,1,4,10H2/t13-,16+,18-,20+/m1/s1. The molecule has 0 radical (unpaired) electrons. The Labute approximate surface area is 171 Å². The molecule has 8 nitrogen and oxygen atoms in total. The van der Waals surface area contributed by atoms with E-state index in [2.05, 4.69) is 25.8 Å². The second-order valence-electron chi connectivity index (χ2n) is 8.08. The van der Waals surface area contributed by atoms with Crippen LogP contribution in [0.4, 0.5) is 4.39 Å². The van der Waals surface area contributed by atoms with Gasteiger partial charge in [0.2, 0.25) is 0 Å². The molecule has 3 aromatic heterocycles. The van der Waals surface area contributed by atoms with Crippen molar-refractivity contribution >= 4 is 11.0 Å². The van der Waals surface area contributed by atoms with Crippen LogP contribution in [0, 0.1) is 0 Å². The van der Waals surface area contributed by atoms with Crippen LogP contribution >= 0.6 is 0 Å². The highest BCUT2D eigenvalue weighted by atomic mass is 19.1. The number of fused-ring (bicyclic) bond motifs is 3. The first kappa shape index (κ1) is 17.5. The number of piperidine rings is 1. The van der Waals surface area contributed by atoms with Gasteiger partial charge in [-0.15, -0.1) is 15.3 Å². The topological polar surface area (TPSA) is 93.7 Å². The van der Waals surface area contributed by atoms with Gasteiger partial charge in [-0.1, -0.05) is 5.21 Å². The summed E-state index contributed by atoms with van der Waals surface area (Å²) in [6.07, 6.45) is 6.92. The molecule has 2 N–H and O–H groups in total. The van der Waals surface area contributed by atoms with E-state index in [1.165, 1.54) is 0 Å². The van der Waals surface area contributed by atoms with Gasteiger partial charge in [0.25, 0.3) is 0 Å². The third kappa shape index (κ3) is 2.69. The molecule has 9 heteroatoms. The molecule has 0 unspecified atom stereocenters. The number of benzene rings is 1. The maximum Gasteiger partial charge on any atom is 0.162 e. The van der Waals surface area contributed by atoms with E-state index in [9.17, 15) is 5.11 Å². The van der Waals surface area contributed by atoms with Crippen molar-refractivity contribution in [2.24, 2.45) is 0 Å². The Balaban J connectivity index is 1.35. The predicted octanol–water partition coefficient (Wildman–Crippen LogP) is 2.79. The molecule has 2 saturated heterocycles. The molecule has 0 amide bonds. The minimum absolute atomic E-state index is 0.0705. The van der Waals surface area contributed by atoms with Crippen LogP contribution < -0.4 is 5.32 Å². The molecule has 2 fully saturated rings. The summed E-state index contributed by atoms with van der Waals surface area (Å²) in [5, 5.41) is 31.2. The summed E-state index contributed by atoms with van der Waals surface area (Å²) in [6, 6.07) is 9.12. The predicted molar refractivity (Wildman–Crippen MR) is 108 cm³/mol. The third-order valence-corrected chi connectivity index (χ3v) is 6.32.